The number of fused-ring (bicyclic) bond motifs is 1. The van der Waals surface area contributed by atoms with Gasteiger partial charge < -0.3 is 14.6 Å². The monoisotopic (exact) mass is 447 g/mol. The van der Waals surface area contributed by atoms with Gasteiger partial charge in [0.15, 0.2) is 5.78 Å². The van der Waals surface area contributed by atoms with Gasteiger partial charge in [-0.05, 0) is 31.5 Å². The molecule has 4 rings (SSSR count). The number of thiophene rings is 1. The first kappa shape index (κ1) is 21.5. The molecule has 6 nitrogen and oxygen atoms in total. The molecule has 0 spiro atoms. The molecule has 0 saturated carbocycles. The largest absolute Gasteiger partial charge is 0.506 e. The predicted molar refractivity (Wildman–Crippen MR) is 125 cm³/mol. The molecule has 3 aromatic rings. The van der Waals surface area contributed by atoms with E-state index < -0.39 is 5.97 Å². The number of aliphatic imine (C=N–C) groups is 1. The summed E-state index contributed by atoms with van der Waals surface area (Å²) in [5, 5.41) is 12.7. The molecular weight excluding hydrogens is 426 g/mol. The molecule has 32 heavy (non-hydrogen) atoms. The van der Waals surface area contributed by atoms with Crippen LogP contribution < -0.4 is 4.74 Å². The van der Waals surface area contributed by atoms with E-state index in [0.29, 0.717) is 33.9 Å². The van der Waals surface area contributed by atoms with Crippen LogP contribution in [0.25, 0.3) is 16.9 Å². The van der Waals surface area contributed by atoms with Crippen LogP contribution in [0.2, 0.25) is 0 Å². The summed E-state index contributed by atoms with van der Waals surface area (Å²) in [6.45, 7) is 4.44. The molecule has 0 saturated heterocycles. The second-order valence-electron chi connectivity index (χ2n) is 6.90. The SMILES string of the molecule is CCOC(=O)c1c(-c2ccc(OCC)cc2)csc1N=CC1=C(O)c2ccccc2C1=O. The Balaban J connectivity index is 1.71. The molecule has 0 radical (unpaired) electrons. The van der Waals surface area contributed by atoms with E-state index in [1.165, 1.54) is 17.6 Å². The van der Waals surface area contributed by atoms with E-state index in [-0.39, 0.29) is 23.7 Å². The quantitative estimate of drug-likeness (QED) is 0.362. The van der Waals surface area contributed by atoms with Crippen molar-refractivity contribution in [2.24, 2.45) is 4.99 Å². The first-order valence-electron chi connectivity index (χ1n) is 10.2. The van der Waals surface area contributed by atoms with E-state index in [1.54, 1.807) is 31.2 Å². The lowest BCUT2D eigenvalue weighted by molar-refractivity contribution is 0.0528. The summed E-state index contributed by atoms with van der Waals surface area (Å²) in [4.78, 5) is 29.8. The van der Waals surface area contributed by atoms with Gasteiger partial charge in [-0.3, -0.25) is 4.79 Å². The van der Waals surface area contributed by atoms with Crippen LogP contribution >= 0.6 is 11.3 Å². The first-order valence-corrected chi connectivity index (χ1v) is 11.1. The van der Waals surface area contributed by atoms with Crippen LogP contribution in [0.15, 0.2) is 64.5 Å². The highest BCUT2D eigenvalue weighted by atomic mass is 32.1. The lowest BCUT2D eigenvalue weighted by atomic mass is 10.0. The number of Topliss-reactive ketones (excluding diaryl/α,β-unsaturated/α-hetero) is 1. The Morgan fingerprint density at radius 1 is 1.03 bits per heavy atom. The van der Waals surface area contributed by atoms with Gasteiger partial charge in [-0.25, -0.2) is 9.79 Å². The van der Waals surface area contributed by atoms with Gasteiger partial charge in [-0.15, -0.1) is 11.3 Å². The molecule has 0 atom stereocenters. The van der Waals surface area contributed by atoms with Crippen molar-refractivity contribution in [1.82, 2.24) is 0 Å². The Morgan fingerprint density at radius 2 is 1.75 bits per heavy atom. The topological polar surface area (TPSA) is 85.2 Å². The van der Waals surface area contributed by atoms with Crippen molar-refractivity contribution in [2.45, 2.75) is 13.8 Å². The summed E-state index contributed by atoms with van der Waals surface area (Å²) in [6, 6.07) is 14.3. The van der Waals surface area contributed by atoms with Crippen LogP contribution in [-0.2, 0) is 4.74 Å². The number of aliphatic hydroxyl groups is 1. The Hall–Kier alpha value is -3.71. The number of allylic oxidation sites excluding steroid dienone is 1. The first-order chi connectivity index (χ1) is 15.5. The zero-order chi connectivity index (χ0) is 22.7. The van der Waals surface area contributed by atoms with Gasteiger partial charge in [0.2, 0.25) is 0 Å². The fourth-order valence-corrected chi connectivity index (χ4v) is 4.39. The van der Waals surface area contributed by atoms with E-state index >= 15 is 0 Å². The third-order valence-electron chi connectivity index (χ3n) is 4.96. The van der Waals surface area contributed by atoms with Gasteiger partial charge in [0, 0.05) is 28.3 Å². The van der Waals surface area contributed by atoms with Crippen molar-refractivity contribution >= 4 is 40.1 Å². The minimum absolute atomic E-state index is 0.0945. The molecule has 1 N–H and O–H groups in total. The second kappa shape index (κ2) is 9.20. The van der Waals surface area contributed by atoms with Crippen LogP contribution in [0, 0.1) is 0 Å². The van der Waals surface area contributed by atoms with Crippen LogP contribution in [0.3, 0.4) is 0 Å². The molecule has 0 amide bonds. The highest BCUT2D eigenvalue weighted by molar-refractivity contribution is 7.14. The molecule has 0 fully saturated rings. The van der Waals surface area contributed by atoms with Crippen molar-refractivity contribution in [3.8, 4) is 16.9 Å². The standard InChI is InChI=1S/C25H21NO5S/c1-3-30-16-11-9-15(10-12-16)20-14-32-24(21(20)25(29)31-4-2)26-13-19-22(27)17-7-5-6-8-18(17)23(19)28/h5-14,27H,3-4H2,1-2H3. The smallest absolute Gasteiger partial charge is 0.341 e. The number of rotatable bonds is 7. The third kappa shape index (κ3) is 3.94. The number of esters is 1. The van der Waals surface area contributed by atoms with Crippen molar-refractivity contribution < 1.29 is 24.2 Å². The summed E-state index contributed by atoms with van der Waals surface area (Å²) < 4.78 is 10.7. The van der Waals surface area contributed by atoms with E-state index in [2.05, 4.69) is 4.99 Å². The lowest BCUT2D eigenvalue weighted by Gasteiger charge is -2.07. The molecule has 7 heteroatoms. The number of carbonyl (C=O) groups is 2. The van der Waals surface area contributed by atoms with Crippen LogP contribution in [0.4, 0.5) is 5.00 Å². The molecule has 1 heterocycles. The molecule has 0 bridgehead atoms. The normalized spacial score (nSPS) is 13.0. The zero-order valence-electron chi connectivity index (χ0n) is 17.6. The molecule has 162 valence electrons. The van der Waals surface area contributed by atoms with Crippen LogP contribution in [0.5, 0.6) is 5.75 Å². The zero-order valence-corrected chi connectivity index (χ0v) is 18.4. The summed E-state index contributed by atoms with van der Waals surface area (Å²) >= 11 is 1.26. The van der Waals surface area contributed by atoms with Crippen molar-refractivity contribution in [1.29, 1.82) is 0 Å². The molecule has 1 aliphatic rings. The maximum Gasteiger partial charge on any atom is 0.341 e. The minimum Gasteiger partial charge on any atom is -0.506 e. The van der Waals surface area contributed by atoms with E-state index in [9.17, 15) is 14.7 Å². The summed E-state index contributed by atoms with van der Waals surface area (Å²) in [5.41, 5.74) is 2.82. The van der Waals surface area contributed by atoms with Crippen molar-refractivity contribution in [3.63, 3.8) is 0 Å². The minimum atomic E-state index is -0.496. The number of ether oxygens (including phenoxy) is 2. The molecule has 0 aliphatic heterocycles. The summed E-state index contributed by atoms with van der Waals surface area (Å²) in [7, 11) is 0. The number of ketones is 1. The van der Waals surface area contributed by atoms with E-state index in [0.717, 1.165) is 11.3 Å². The van der Waals surface area contributed by atoms with E-state index in [1.807, 2.05) is 36.6 Å². The number of hydrogen-bond acceptors (Lipinski definition) is 7. The maximum absolute atomic E-state index is 12.8. The number of carbonyl (C=O) groups excluding carboxylic acids is 2. The predicted octanol–water partition coefficient (Wildman–Crippen LogP) is 5.86. The van der Waals surface area contributed by atoms with E-state index in [4.69, 9.17) is 9.47 Å². The number of hydrogen-bond donors (Lipinski definition) is 1. The van der Waals surface area contributed by atoms with Gasteiger partial charge in [0.05, 0.1) is 18.8 Å². The number of benzene rings is 2. The average Bonchev–Trinajstić information content (AvgIpc) is 3.33. The Morgan fingerprint density at radius 3 is 2.41 bits per heavy atom. The van der Waals surface area contributed by atoms with Crippen molar-refractivity contribution in [2.75, 3.05) is 13.2 Å². The molecule has 0 unspecified atom stereocenters. The highest BCUT2D eigenvalue weighted by Gasteiger charge is 2.28. The van der Waals surface area contributed by atoms with Gasteiger partial charge in [0.25, 0.3) is 0 Å². The van der Waals surface area contributed by atoms with Gasteiger partial charge in [-0.2, -0.15) is 0 Å². The Kier molecular flexibility index (Phi) is 6.18. The van der Waals surface area contributed by atoms with Gasteiger partial charge in [0.1, 0.15) is 22.1 Å². The fraction of sp³-hybridized carbons (Fsp3) is 0.160. The van der Waals surface area contributed by atoms with Crippen LogP contribution in [0.1, 0.15) is 40.1 Å². The molecule has 1 aromatic heterocycles. The third-order valence-corrected chi connectivity index (χ3v) is 5.85. The average molecular weight is 448 g/mol. The highest BCUT2D eigenvalue weighted by Crippen LogP contribution is 2.39. The van der Waals surface area contributed by atoms with Crippen molar-refractivity contribution in [3.05, 3.63) is 76.2 Å². The number of aliphatic hydroxyl groups excluding tert-OH is 1. The summed E-state index contributed by atoms with van der Waals surface area (Å²) in [5.74, 6) is -0.175. The fourth-order valence-electron chi connectivity index (χ4n) is 3.48. The Labute approximate surface area is 189 Å². The van der Waals surface area contributed by atoms with Gasteiger partial charge >= 0.3 is 5.97 Å². The maximum atomic E-state index is 12.8. The molecule has 1 aliphatic carbocycles. The molecular formula is C25H21NO5S. The van der Waals surface area contributed by atoms with Crippen LogP contribution in [-0.4, -0.2) is 36.3 Å². The Bertz CT molecular complexity index is 1240. The lowest BCUT2D eigenvalue weighted by Crippen LogP contribution is -2.05. The second-order valence-corrected chi connectivity index (χ2v) is 7.76. The molecule has 2 aromatic carbocycles. The van der Waals surface area contributed by atoms with Gasteiger partial charge in [-0.1, -0.05) is 36.4 Å². The summed E-state index contributed by atoms with van der Waals surface area (Å²) in [6.07, 6.45) is 1.31. The number of nitrogens with zero attached hydrogens (tertiary/aromatic N) is 1.